The first kappa shape index (κ1) is 15.7. The molecule has 0 spiro atoms. The number of amides is 1. The van der Waals surface area contributed by atoms with Gasteiger partial charge < -0.3 is 0 Å². The average molecular weight is 233 g/mol. The number of aryl methyl sites for hydroxylation is 1. The van der Waals surface area contributed by atoms with E-state index in [1.165, 1.54) is 5.56 Å². The molecule has 1 amide bonds. The maximum absolute atomic E-state index is 8.93. The van der Waals surface area contributed by atoms with Crippen molar-refractivity contribution in [2.75, 3.05) is 0 Å². The van der Waals surface area contributed by atoms with Crippen LogP contribution in [0.4, 0.5) is 0 Å². The third-order valence-electron chi connectivity index (χ3n) is 1.25. The first-order valence-electron chi connectivity index (χ1n) is 3.78. The van der Waals surface area contributed by atoms with Crippen molar-refractivity contribution in [2.24, 2.45) is 0 Å². The molecule has 0 atom stereocenters. The Morgan fingerprint density at radius 2 is 2.07 bits per heavy atom. The summed E-state index contributed by atoms with van der Waals surface area (Å²) in [6.07, 6.45) is 0.945. The van der Waals surface area contributed by atoms with E-state index in [9.17, 15) is 0 Å². The standard InChI is InChI=1S/C8H9.CH3NO3.V/c1-2-8-6-4-3-5-7-8;3-1-2(4)5;/h3-6H,2H2,1H3;1,4-5H;/q-1;;. The molecule has 1 radical (unpaired) electrons. The van der Waals surface area contributed by atoms with Crippen LogP contribution in [0.1, 0.15) is 12.5 Å². The Morgan fingerprint density at radius 1 is 1.50 bits per heavy atom. The zero-order chi connectivity index (χ0) is 10.1. The first-order chi connectivity index (χ1) is 6.20. The molecule has 1 aromatic rings. The Labute approximate surface area is 95.0 Å². The summed E-state index contributed by atoms with van der Waals surface area (Å²) in [5.74, 6) is 0. The molecule has 1 aromatic carbocycles. The van der Waals surface area contributed by atoms with Gasteiger partial charge in [-0.05, 0) is 0 Å². The molecule has 14 heavy (non-hydrogen) atoms. The number of hydrogen-bond acceptors (Lipinski definition) is 3. The van der Waals surface area contributed by atoms with Crippen molar-refractivity contribution in [2.45, 2.75) is 13.3 Å². The van der Waals surface area contributed by atoms with Gasteiger partial charge in [0.1, 0.15) is 0 Å². The van der Waals surface area contributed by atoms with Crippen molar-refractivity contribution in [1.82, 2.24) is 5.23 Å². The Bertz CT molecular complexity index is 229. The summed E-state index contributed by atoms with van der Waals surface area (Å²) in [6.45, 7) is 2.13. The van der Waals surface area contributed by atoms with Crippen LogP contribution < -0.4 is 0 Å². The van der Waals surface area contributed by atoms with Gasteiger partial charge in [-0.1, -0.05) is 18.6 Å². The number of rotatable bonds is 2. The van der Waals surface area contributed by atoms with E-state index >= 15 is 0 Å². The zero-order valence-corrected chi connectivity index (χ0v) is 9.19. The molecule has 0 saturated carbocycles. The van der Waals surface area contributed by atoms with Crippen molar-refractivity contribution >= 4 is 6.41 Å². The fourth-order valence-corrected chi connectivity index (χ4v) is 0.650. The van der Waals surface area contributed by atoms with Gasteiger partial charge in [-0.15, -0.1) is 0 Å². The van der Waals surface area contributed by atoms with Crippen LogP contribution in [0.5, 0.6) is 0 Å². The molecule has 2 N–H and O–H groups in total. The third kappa shape index (κ3) is 9.28. The largest absolute Gasteiger partial charge is 0.274 e. The molecular formula is C9H12NO3V-. The minimum absolute atomic E-state index is 0. The Kier molecular flexibility index (Phi) is 11.5. The minimum atomic E-state index is -0.556. The van der Waals surface area contributed by atoms with E-state index in [2.05, 4.69) is 19.1 Å². The van der Waals surface area contributed by atoms with E-state index in [-0.39, 0.29) is 25.0 Å². The smallest absolute Gasteiger partial charge is 0.260 e. The van der Waals surface area contributed by atoms with Crippen LogP contribution in [-0.4, -0.2) is 22.1 Å². The Morgan fingerprint density at radius 3 is 2.29 bits per heavy atom. The fourth-order valence-electron chi connectivity index (χ4n) is 0.650. The van der Waals surface area contributed by atoms with Gasteiger partial charge in [0.2, 0.25) is 0 Å². The average Bonchev–Trinajstić information content (AvgIpc) is 2.20. The molecule has 0 saturated heterocycles. The van der Waals surface area contributed by atoms with Crippen LogP contribution in [0.15, 0.2) is 24.3 Å². The second kappa shape index (κ2) is 10.3. The van der Waals surface area contributed by atoms with Gasteiger partial charge in [0, 0.05) is 18.6 Å². The van der Waals surface area contributed by atoms with Crippen LogP contribution in [0.25, 0.3) is 0 Å². The van der Waals surface area contributed by atoms with Crippen LogP contribution in [0.3, 0.4) is 0 Å². The molecule has 0 fully saturated rings. The molecule has 0 bridgehead atoms. The van der Waals surface area contributed by atoms with Gasteiger partial charge >= 0.3 is 0 Å². The van der Waals surface area contributed by atoms with E-state index in [0.717, 1.165) is 6.42 Å². The van der Waals surface area contributed by atoms with E-state index in [4.69, 9.17) is 15.2 Å². The van der Waals surface area contributed by atoms with Crippen LogP contribution in [-0.2, 0) is 29.8 Å². The second-order valence-corrected chi connectivity index (χ2v) is 2.17. The van der Waals surface area contributed by atoms with Crippen molar-refractivity contribution in [3.05, 3.63) is 35.9 Å². The summed E-state index contributed by atoms with van der Waals surface area (Å²) in [5.41, 5.74) is 1.28. The van der Waals surface area contributed by atoms with Crippen LogP contribution >= 0.6 is 0 Å². The monoisotopic (exact) mass is 233 g/mol. The third-order valence-corrected chi connectivity index (χ3v) is 1.25. The number of nitrogens with zero attached hydrogens (tertiary/aromatic N) is 1. The molecule has 0 aliphatic heterocycles. The molecule has 4 nitrogen and oxygen atoms in total. The summed E-state index contributed by atoms with van der Waals surface area (Å²) in [5, 5.41) is 14.2. The van der Waals surface area contributed by atoms with Gasteiger partial charge in [-0.2, -0.15) is 35.9 Å². The van der Waals surface area contributed by atoms with Crippen molar-refractivity contribution in [3.8, 4) is 0 Å². The minimum Gasteiger partial charge on any atom is -0.274 e. The number of benzene rings is 1. The van der Waals surface area contributed by atoms with Crippen molar-refractivity contribution in [3.63, 3.8) is 0 Å². The summed E-state index contributed by atoms with van der Waals surface area (Å²) < 4.78 is 0. The topological polar surface area (TPSA) is 60.8 Å². The summed E-state index contributed by atoms with van der Waals surface area (Å²) in [7, 11) is 0. The molecule has 0 aliphatic carbocycles. The normalized spacial score (nSPS) is 7.64. The zero-order valence-electron chi connectivity index (χ0n) is 7.79. The van der Waals surface area contributed by atoms with Crippen LogP contribution in [0, 0.1) is 6.07 Å². The molecule has 0 unspecified atom stereocenters. The van der Waals surface area contributed by atoms with Crippen LogP contribution in [0.2, 0.25) is 0 Å². The first-order valence-corrected chi connectivity index (χ1v) is 3.78. The number of carbonyl (C=O) groups excluding carboxylic acids is 1. The van der Waals surface area contributed by atoms with Gasteiger partial charge in [0.15, 0.2) is 0 Å². The number of carbonyl (C=O) groups is 1. The molecule has 0 aromatic heterocycles. The predicted octanol–water partition coefficient (Wildman–Crippen LogP) is 1.27. The summed E-state index contributed by atoms with van der Waals surface area (Å²) >= 11 is 0. The second-order valence-electron chi connectivity index (χ2n) is 2.17. The molecule has 0 heterocycles. The molecule has 1 rings (SSSR count). The van der Waals surface area contributed by atoms with Gasteiger partial charge in [0.05, 0.1) is 0 Å². The van der Waals surface area contributed by atoms with E-state index < -0.39 is 5.23 Å². The SMILES string of the molecule is CCc1[c-]cccc1.O=CN(O)O.[V]. The van der Waals surface area contributed by atoms with E-state index in [1.54, 1.807) is 0 Å². The number of hydrogen-bond donors (Lipinski definition) is 2. The van der Waals surface area contributed by atoms with Crippen molar-refractivity contribution < 1.29 is 33.8 Å². The fraction of sp³-hybridized carbons (Fsp3) is 0.222. The molecule has 0 aliphatic rings. The molecule has 5 heteroatoms. The molecule has 77 valence electrons. The van der Waals surface area contributed by atoms with Crippen molar-refractivity contribution in [1.29, 1.82) is 0 Å². The molecular weight excluding hydrogens is 221 g/mol. The van der Waals surface area contributed by atoms with E-state index in [0.29, 0.717) is 0 Å². The maximum Gasteiger partial charge on any atom is 0.260 e. The summed E-state index contributed by atoms with van der Waals surface area (Å²) in [6, 6.07) is 11.2. The van der Waals surface area contributed by atoms with E-state index in [1.807, 2.05) is 18.2 Å². The maximum atomic E-state index is 8.93. The predicted molar refractivity (Wildman–Crippen MR) is 46.1 cm³/mol. The Balaban J connectivity index is 0. The number of hydroxylamine groups is 2. The Hall–Kier alpha value is -0.806. The quantitative estimate of drug-likeness (QED) is 0.350. The summed E-state index contributed by atoms with van der Waals surface area (Å²) in [4.78, 5) is 8.93. The van der Waals surface area contributed by atoms with Gasteiger partial charge in [0.25, 0.3) is 6.41 Å². The van der Waals surface area contributed by atoms with Gasteiger partial charge in [-0.25, -0.2) is 0 Å². The van der Waals surface area contributed by atoms with Gasteiger partial charge in [-0.3, -0.25) is 15.2 Å².